The Kier molecular flexibility index (Phi) is 5.32. The van der Waals surface area contributed by atoms with E-state index in [2.05, 4.69) is 13.5 Å². The first-order valence-electron chi connectivity index (χ1n) is 4.03. The number of hydrogen-bond acceptors (Lipinski definition) is 1. The summed E-state index contributed by atoms with van der Waals surface area (Å²) >= 11 is 0. The highest BCUT2D eigenvalue weighted by molar-refractivity contribution is 4.80. The molecule has 0 rings (SSSR count). The van der Waals surface area contributed by atoms with Crippen LogP contribution in [0.2, 0.25) is 0 Å². The quantitative estimate of drug-likeness (QED) is 0.584. The van der Waals surface area contributed by atoms with Gasteiger partial charge in [0.1, 0.15) is 0 Å². The molecule has 0 aliphatic heterocycles. The minimum absolute atomic E-state index is 0.183. The Labute approximate surface area is 63.8 Å². The fourth-order valence-corrected chi connectivity index (χ4v) is 0.833. The maximum absolute atomic E-state index is 9.38. The molecule has 0 aromatic rings. The van der Waals surface area contributed by atoms with Gasteiger partial charge >= 0.3 is 0 Å². The average molecular weight is 142 g/mol. The van der Waals surface area contributed by atoms with Crippen LogP contribution in [0.25, 0.3) is 0 Å². The van der Waals surface area contributed by atoms with E-state index in [9.17, 15) is 5.11 Å². The SMILES string of the molecule is C=CC(C)C(O)CCCC. The predicted octanol–water partition coefficient (Wildman–Crippen LogP) is 2.36. The second-order valence-corrected chi connectivity index (χ2v) is 2.80. The van der Waals surface area contributed by atoms with Crippen molar-refractivity contribution in [3.63, 3.8) is 0 Å². The van der Waals surface area contributed by atoms with Crippen LogP contribution in [-0.4, -0.2) is 11.2 Å². The molecule has 10 heavy (non-hydrogen) atoms. The molecule has 0 aromatic carbocycles. The van der Waals surface area contributed by atoms with Crippen molar-refractivity contribution in [2.75, 3.05) is 0 Å². The van der Waals surface area contributed by atoms with Crippen molar-refractivity contribution in [3.8, 4) is 0 Å². The van der Waals surface area contributed by atoms with Crippen molar-refractivity contribution in [2.45, 2.75) is 39.2 Å². The zero-order valence-corrected chi connectivity index (χ0v) is 7.01. The lowest BCUT2D eigenvalue weighted by atomic mass is 10.0. The minimum atomic E-state index is -0.183. The molecule has 0 saturated heterocycles. The summed E-state index contributed by atoms with van der Waals surface area (Å²) in [6.07, 6.45) is 4.79. The maximum Gasteiger partial charge on any atom is 0.0600 e. The monoisotopic (exact) mass is 142 g/mol. The smallest absolute Gasteiger partial charge is 0.0600 e. The zero-order valence-electron chi connectivity index (χ0n) is 7.01. The first kappa shape index (κ1) is 9.70. The van der Waals surface area contributed by atoms with Gasteiger partial charge in [0, 0.05) is 0 Å². The molecule has 0 radical (unpaired) electrons. The van der Waals surface area contributed by atoms with Crippen molar-refractivity contribution in [1.82, 2.24) is 0 Å². The summed E-state index contributed by atoms with van der Waals surface area (Å²) in [6, 6.07) is 0. The molecule has 2 atom stereocenters. The molecule has 0 bridgehead atoms. The molecule has 0 aliphatic rings. The van der Waals surface area contributed by atoms with Crippen molar-refractivity contribution in [3.05, 3.63) is 12.7 Å². The lowest BCUT2D eigenvalue weighted by molar-refractivity contribution is 0.126. The van der Waals surface area contributed by atoms with Gasteiger partial charge < -0.3 is 5.11 Å². The first-order chi connectivity index (χ1) is 4.72. The predicted molar refractivity (Wildman–Crippen MR) is 44.9 cm³/mol. The molecule has 1 nitrogen and oxygen atoms in total. The van der Waals surface area contributed by atoms with Crippen LogP contribution < -0.4 is 0 Å². The van der Waals surface area contributed by atoms with Crippen molar-refractivity contribution >= 4 is 0 Å². The van der Waals surface area contributed by atoms with Gasteiger partial charge in [0.25, 0.3) is 0 Å². The molecule has 0 amide bonds. The van der Waals surface area contributed by atoms with Gasteiger partial charge in [-0.1, -0.05) is 32.8 Å². The molecule has 1 heteroatoms. The van der Waals surface area contributed by atoms with E-state index in [0.717, 1.165) is 19.3 Å². The highest BCUT2D eigenvalue weighted by Crippen LogP contribution is 2.10. The van der Waals surface area contributed by atoms with Gasteiger partial charge in [-0.15, -0.1) is 6.58 Å². The third kappa shape index (κ3) is 3.67. The highest BCUT2D eigenvalue weighted by atomic mass is 16.3. The van der Waals surface area contributed by atoms with Gasteiger partial charge in [0.05, 0.1) is 6.10 Å². The fraction of sp³-hybridized carbons (Fsp3) is 0.778. The number of aliphatic hydroxyl groups excluding tert-OH is 1. The average Bonchev–Trinajstić information content (AvgIpc) is 1.98. The van der Waals surface area contributed by atoms with E-state index in [1.54, 1.807) is 6.08 Å². The molecule has 0 saturated carbocycles. The van der Waals surface area contributed by atoms with E-state index in [4.69, 9.17) is 0 Å². The van der Waals surface area contributed by atoms with E-state index < -0.39 is 0 Å². The Morgan fingerprint density at radius 2 is 2.20 bits per heavy atom. The summed E-state index contributed by atoms with van der Waals surface area (Å²) in [4.78, 5) is 0. The van der Waals surface area contributed by atoms with Gasteiger partial charge in [0.15, 0.2) is 0 Å². The second kappa shape index (κ2) is 5.48. The molecular weight excluding hydrogens is 124 g/mol. The van der Waals surface area contributed by atoms with Crippen LogP contribution in [0.4, 0.5) is 0 Å². The number of unbranched alkanes of at least 4 members (excludes halogenated alkanes) is 1. The Bertz CT molecular complexity index is 88.7. The van der Waals surface area contributed by atoms with Gasteiger partial charge in [0.2, 0.25) is 0 Å². The first-order valence-corrected chi connectivity index (χ1v) is 4.03. The minimum Gasteiger partial charge on any atom is -0.393 e. The van der Waals surface area contributed by atoms with Crippen LogP contribution in [-0.2, 0) is 0 Å². The van der Waals surface area contributed by atoms with Gasteiger partial charge in [-0.2, -0.15) is 0 Å². The van der Waals surface area contributed by atoms with Crippen LogP contribution >= 0.6 is 0 Å². The molecule has 0 aromatic heterocycles. The molecule has 2 unspecified atom stereocenters. The van der Waals surface area contributed by atoms with Crippen LogP contribution in [0.5, 0.6) is 0 Å². The van der Waals surface area contributed by atoms with Crippen molar-refractivity contribution in [2.24, 2.45) is 5.92 Å². The van der Waals surface area contributed by atoms with Crippen LogP contribution in [0, 0.1) is 5.92 Å². The van der Waals surface area contributed by atoms with E-state index in [0.29, 0.717) is 0 Å². The lowest BCUT2D eigenvalue weighted by Crippen LogP contribution is -2.14. The summed E-state index contributed by atoms with van der Waals surface area (Å²) in [5.74, 6) is 0.242. The Balaban J connectivity index is 3.40. The van der Waals surface area contributed by atoms with Crippen LogP contribution in [0.3, 0.4) is 0 Å². The summed E-state index contributed by atoms with van der Waals surface area (Å²) in [6.45, 7) is 7.75. The molecule has 0 fully saturated rings. The molecule has 60 valence electrons. The third-order valence-electron chi connectivity index (χ3n) is 1.83. The van der Waals surface area contributed by atoms with E-state index in [1.807, 2.05) is 6.92 Å². The third-order valence-corrected chi connectivity index (χ3v) is 1.83. The summed E-state index contributed by atoms with van der Waals surface area (Å²) < 4.78 is 0. The Hall–Kier alpha value is -0.300. The Morgan fingerprint density at radius 3 is 2.60 bits per heavy atom. The molecule has 1 N–H and O–H groups in total. The number of rotatable bonds is 5. The summed E-state index contributed by atoms with van der Waals surface area (Å²) in [5, 5.41) is 9.38. The summed E-state index contributed by atoms with van der Waals surface area (Å²) in [7, 11) is 0. The lowest BCUT2D eigenvalue weighted by Gasteiger charge is -2.13. The maximum atomic E-state index is 9.38. The normalized spacial score (nSPS) is 16.3. The van der Waals surface area contributed by atoms with Crippen LogP contribution in [0.15, 0.2) is 12.7 Å². The van der Waals surface area contributed by atoms with Gasteiger partial charge in [-0.3, -0.25) is 0 Å². The van der Waals surface area contributed by atoms with Gasteiger partial charge in [-0.25, -0.2) is 0 Å². The standard InChI is InChI=1S/C9H18O/c1-4-6-7-9(10)8(3)5-2/h5,8-10H,2,4,6-7H2,1,3H3. The number of hydrogen-bond donors (Lipinski definition) is 1. The molecule has 0 spiro atoms. The highest BCUT2D eigenvalue weighted by Gasteiger charge is 2.08. The summed E-state index contributed by atoms with van der Waals surface area (Å²) in [5.41, 5.74) is 0. The van der Waals surface area contributed by atoms with E-state index >= 15 is 0 Å². The fourth-order valence-electron chi connectivity index (χ4n) is 0.833. The largest absolute Gasteiger partial charge is 0.393 e. The molecular formula is C9H18O. The van der Waals surface area contributed by atoms with Gasteiger partial charge in [-0.05, 0) is 12.3 Å². The van der Waals surface area contributed by atoms with E-state index in [-0.39, 0.29) is 12.0 Å². The Morgan fingerprint density at radius 1 is 1.60 bits per heavy atom. The van der Waals surface area contributed by atoms with Crippen LogP contribution in [0.1, 0.15) is 33.1 Å². The van der Waals surface area contributed by atoms with Crippen molar-refractivity contribution in [1.29, 1.82) is 0 Å². The zero-order chi connectivity index (χ0) is 7.98. The molecule has 0 heterocycles. The topological polar surface area (TPSA) is 20.2 Å². The number of aliphatic hydroxyl groups is 1. The van der Waals surface area contributed by atoms with Crippen molar-refractivity contribution < 1.29 is 5.11 Å². The second-order valence-electron chi connectivity index (χ2n) is 2.80. The molecule has 0 aliphatic carbocycles. The van der Waals surface area contributed by atoms with E-state index in [1.165, 1.54) is 0 Å².